The van der Waals surface area contributed by atoms with Crippen LogP contribution in [0.25, 0.3) is 0 Å². The van der Waals surface area contributed by atoms with E-state index in [4.69, 9.17) is 18.9 Å². The number of esters is 1. The molecule has 1 aromatic carbocycles. The van der Waals surface area contributed by atoms with E-state index in [1.165, 1.54) is 12.1 Å². The molecule has 8 N–H and O–H groups in total. The maximum atomic E-state index is 13.4. The number of ketones is 1. The minimum absolute atomic E-state index is 0.228. The first-order chi connectivity index (χ1) is 18.9. The molecule has 15 nitrogen and oxygen atoms in total. The molecule has 1 amide bonds. The number of amides is 1. The van der Waals surface area contributed by atoms with Crippen LogP contribution in [-0.4, -0.2) is 140 Å². The van der Waals surface area contributed by atoms with Crippen molar-refractivity contribution in [3.8, 4) is 0 Å². The summed E-state index contributed by atoms with van der Waals surface area (Å²) in [5, 5.41) is 73.3. The third-order valence-corrected chi connectivity index (χ3v) is 6.69. The van der Waals surface area contributed by atoms with E-state index in [1.54, 1.807) is 18.2 Å². The second kappa shape index (κ2) is 13.9. The lowest BCUT2D eigenvalue weighted by Crippen LogP contribution is -2.68. The molecule has 0 aromatic heterocycles. The van der Waals surface area contributed by atoms with E-state index in [0.717, 1.165) is 6.92 Å². The highest BCUT2D eigenvalue weighted by atomic mass is 16.7. The Morgan fingerprint density at radius 3 is 2.38 bits per heavy atom. The maximum Gasteiger partial charge on any atom is 0.367 e. The molecule has 0 spiro atoms. The number of Topliss-reactive ketones (excluding diaryl/α,β-unsaturated/α-hetero) is 1. The zero-order chi connectivity index (χ0) is 29.6. The first-order valence-corrected chi connectivity index (χ1v) is 12.6. The summed E-state index contributed by atoms with van der Waals surface area (Å²) in [7, 11) is 0. The van der Waals surface area contributed by atoms with Gasteiger partial charge in [0.1, 0.15) is 42.7 Å². The van der Waals surface area contributed by atoms with E-state index in [1.807, 2.05) is 0 Å². The van der Waals surface area contributed by atoms with E-state index in [0.29, 0.717) is 0 Å². The highest BCUT2D eigenvalue weighted by Crippen LogP contribution is 2.35. The molecule has 15 heteroatoms. The fourth-order valence-electron chi connectivity index (χ4n) is 4.45. The first-order valence-electron chi connectivity index (χ1n) is 12.6. The maximum absolute atomic E-state index is 13.4. The first kappa shape index (κ1) is 32.0. The summed E-state index contributed by atoms with van der Waals surface area (Å²) in [6.07, 6.45) is -13.9. The normalized spacial score (nSPS) is 34.0. The Morgan fingerprint density at radius 2 is 1.75 bits per heavy atom. The summed E-state index contributed by atoms with van der Waals surface area (Å²) in [5.41, 5.74) is 0.228. The third kappa shape index (κ3) is 7.38. The highest BCUT2D eigenvalue weighted by Gasteiger charge is 2.57. The molecule has 3 rings (SSSR count). The van der Waals surface area contributed by atoms with Crippen LogP contribution >= 0.6 is 0 Å². The van der Waals surface area contributed by atoms with Gasteiger partial charge in [0.15, 0.2) is 12.4 Å². The number of benzene rings is 1. The van der Waals surface area contributed by atoms with Gasteiger partial charge in [0.25, 0.3) is 5.79 Å². The highest BCUT2D eigenvalue weighted by molar-refractivity contribution is 5.98. The van der Waals surface area contributed by atoms with Crippen molar-refractivity contribution in [3.05, 3.63) is 35.9 Å². The predicted molar refractivity (Wildman–Crippen MR) is 130 cm³/mol. The molecule has 0 saturated carbocycles. The Morgan fingerprint density at radius 1 is 1.07 bits per heavy atom. The summed E-state index contributed by atoms with van der Waals surface area (Å²) in [6, 6.07) is 6.47. The van der Waals surface area contributed by atoms with E-state index in [9.17, 15) is 50.1 Å². The van der Waals surface area contributed by atoms with E-state index >= 15 is 0 Å². The van der Waals surface area contributed by atoms with Crippen molar-refractivity contribution < 1.29 is 69.1 Å². The Labute approximate surface area is 228 Å². The molecule has 2 saturated heterocycles. The molecule has 0 bridgehead atoms. The van der Waals surface area contributed by atoms with Crippen LogP contribution < -0.4 is 5.32 Å². The number of nitrogens with one attached hydrogen (secondary N) is 1. The molecule has 224 valence electrons. The smallest absolute Gasteiger partial charge is 0.367 e. The molecule has 0 unspecified atom stereocenters. The van der Waals surface area contributed by atoms with Gasteiger partial charge in [-0.1, -0.05) is 30.3 Å². The van der Waals surface area contributed by atoms with Gasteiger partial charge in [-0.3, -0.25) is 9.59 Å². The van der Waals surface area contributed by atoms with Crippen LogP contribution in [0.5, 0.6) is 0 Å². The minimum atomic E-state index is -2.59. The second-order valence-corrected chi connectivity index (χ2v) is 9.67. The van der Waals surface area contributed by atoms with Crippen LogP contribution in [0.2, 0.25) is 0 Å². The molecule has 0 aliphatic carbocycles. The van der Waals surface area contributed by atoms with Crippen molar-refractivity contribution in [2.75, 3.05) is 26.4 Å². The summed E-state index contributed by atoms with van der Waals surface area (Å²) in [4.78, 5) is 37.7. The molecule has 2 fully saturated rings. The van der Waals surface area contributed by atoms with Gasteiger partial charge in [0, 0.05) is 18.9 Å². The van der Waals surface area contributed by atoms with Crippen LogP contribution in [0.3, 0.4) is 0 Å². The molecule has 10 atom stereocenters. The second-order valence-electron chi connectivity index (χ2n) is 9.67. The van der Waals surface area contributed by atoms with Gasteiger partial charge in [-0.15, -0.1) is 0 Å². The molecule has 0 radical (unpaired) electrons. The summed E-state index contributed by atoms with van der Waals surface area (Å²) < 4.78 is 21.9. The van der Waals surface area contributed by atoms with Gasteiger partial charge >= 0.3 is 5.97 Å². The monoisotopic (exact) mass is 573 g/mol. The summed E-state index contributed by atoms with van der Waals surface area (Å²) in [6.45, 7) is -1.66. The van der Waals surface area contributed by atoms with Gasteiger partial charge in [-0.25, -0.2) is 4.79 Å². The fraction of sp³-hybridized carbons (Fsp3) is 0.640. The quantitative estimate of drug-likeness (QED) is 0.0929. The average molecular weight is 574 g/mol. The average Bonchev–Trinajstić information content (AvgIpc) is 2.94. The van der Waals surface area contributed by atoms with Crippen LogP contribution in [-0.2, 0) is 28.5 Å². The molecule has 2 aliphatic rings. The van der Waals surface area contributed by atoms with Crippen molar-refractivity contribution in [2.45, 2.75) is 74.0 Å². The van der Waals surface area contributed by atoms with Crippen molar-refractivity contribution in [1.29, 1.82) is 0 Å². The topological polar surface area (TPSA) is 242 Å². The Kier molecular flexibility index (Phi) is 11.1. The lowest BCUT2D eigenvalue weighted by molar-refractivity contribution is -0.322. The Balaban J connectivity index is 1.89. The number of carbonyl (C=O) groups is 3. The van der Waals surface area contributed by atoms with Crippen molar-refractivity contribution in [2.24, 2.45) is 0 Å². The third-order valence-electron chi connectivity index (χ3n) is 6.69. The predicted octanol–water partition coefficient (Wildman–Crippen LogP) is -4.02. The van der Waals surface area contributed by atoms with Crippen LogP contribution in [0.15, 0.2) is 30.3 Å². The summed E-state index contributed by atoms with van der Waals surface area (Å²) >= 11 is 0. The van der Waals surface area contributed by atoms with Crippen LogP contribution in [0.1, 0.15) is 23.7 Å². The largest absolute Gasteiger partial charge is 0.453 e. The zero-order valence-corrected chi connectivity index (χ0v) is 21.6. The van der Waals surface area contributed by atoms with Gasteiger partial charge < -0.3 is 60.0 Å². The van der Waals surface area contributed by atoms with Crippen LogP contribution in [0.4, 0.5) is 0 Å². The molecule has 1 aromatic rings. The molecule has 40 heavy (non-hydrogen) atoms. The zero-order valence-electron chi connectivity index (χ0n) is 21.6. The number of hydrogen-bond acceptors (Lipinski definition) is 14. The van der Waals surface area contributed by atoms with Gasteiger partial charge in [0.05, 0.1) is 32.0 Å². The lowest BCUT2D eigenvalue weighted by Gasteiger charge is -2.47. The summed E-state index contributed by atoms with van der Waals surface area (Å²) in [5.74, 6) is -5.17. The standard InChI is InChI=1S/C25H35NO14/c1-12(28)26-19-14(29)7-25(40-23(19)21(34)15(30)8-27,39-11-18-22(35)20(33)17(32)10-37-18)24(36)38-9-16(31)13-5-3-2-4-6-13/h2-6,14-15,17-23,27,29-30,32-35H,7-11H2,1H3,(H,26,28)/t14-,15+,17-,18+,19+,20+,21+,22-,23+,25+/m0/s1. The number of aliphatic hydroxyl groups excluding tert-OH is 7. The lowest BCUT2D eigenvalue weighted by atomic mass is 9.88. The van der Waals surface area contributed by atoms with Gasteiger partial charge in [0.2, 0.25) is 5.91 Å². The molecular weight excluding hydrogens is 538 g/mol. The SMILES string of the molecule is CC(=O)N[C@H]1[C@H]([C@H](O)[C@H](O)CO)O[C@@](OC[C@H]2OC[C@H](O)[C@@H](O)[C@H]2O)(C(=O)OCC(=O)c2ccccc2)C[C@@H]1O. The van der Waals surface area contributed by atoms with Gasteiger partial charge in [-0.05, 0) is 0 Å². The molecular formula is C25H35NO14. The van der Waals surface area contributed by atoms with Gasteiger partial charge in [-0.2, -0.15) is 0 Å². The van der Waals surface area contributed by atoms with Crippen molar-refractivity contribution >= 4 is 17.7 Å². The van der Waals surface area contributed by atoms with E-state index < -0.39 is 105 Å². The van der Waals surface area contributed by atoms with Crippen LogP contribution in [0, 0.1) is 0 Å². The number of aliphatic hydroxyl groups is 7. The fourth-order valence-corrected chi connectivity index (χ4v) is 4.45. The number of ether oxygens (including phenoxy) is 4. The van der Waals surface area contributed by atoms with Crippen molar-refractivity contribution in [3.63, 3.8) is 0 Å². The number of hydrogen-bond donors (Lipinski definition) is 8. The Hall–Kier alpha value is -2.57. The minimum Gasteiger partial charge on any atom is -0.453 e. The van der Waals surface area contributed by atoms with Crippen molar-refractivity contribution in [1.82, 2.24) is 5.32 Å². The number of carbonyl (C=O) groups excluding carboxylic acids is 3. The van der Waals surface area contributed by atoms with E-state index in [-0.39, 0.29) is 12.2 Å². The Bertz CT molecular complexity index is 1010. The number of rotatable bonds is 11. The molecule has 2 aliphatic heterocycles. The molecule has 2 heterocycles. The van der Waals surface area contributed by atoms with E-state index in [2.05, 4.69) is 5.32 Å².